The highest BCUT2D eigenvalue weighted by Gasteiger charge is 2.31. The molecule has 5 heteroatoms. The molecular formula is C10H17FN4. The van der Waals surface area contributed by atoms with E-state index in [1.807, 2.05) is 17.8 Å². The van der Waals surface area contributed by atoms with Crippen LogP contribution in [0.5, 0.6) is 0 Å². The van der Waals surface area contributed by atoms with Crippen LogP contribution in [-0.4, -0.2) is 40.0 Å². The van der Waals surface area contributed by atoms with Crippen LogP contribution in [0.2, 0.25) is 0 Å². The van der Waals surface area contributed by atoms with Crippen molar-refractivity contribution < 1.29 is 4.39 Å². The van der Waals surface area contributed by atoms with Crippen LogP contribution in [-0.2, 0) is 13.6 Å². The van der Waals surface area contributed by atoms with E-state index in [9.17, 15) is 4.39 Å². The van der Waals surface area contributed by atoms with Gasteiger partial charge >= 0.3 is 0 Å². The third kappa shape index (κ3) is 2.18. The molecule has 15 heavy (non-hydrogen) atoms. The van der Waals surface area contributed by atoms with Crippen LogP contribution in [0, 0.1) is 0 Å². The quantitative estimate of drug-likeness (QED) is 0.783. The van der Waals surface area contributed by atoms with Crippen molar-refractivity contribution in [1.82, 2.24) is 14.7 Å². The van der Waals surface area contributed by atoms with E-state index in [1.165, 1.54) is 0 Å². The third-order valence-electron chi connectivity index (χ3n) is 3.04. The van der Waals surface area contributed by atoms with Crippen molar-refractivity contribution in [3.63, 3.8) is 0 Å². The highest BCUT2D eigenvalue weighted by atomic mass is 19.1. The van der Waals surface area contributed by atoms with E-state index in [1.54, 1.807) is 6.20 Å². The first-order chi connectivity index (χ1) is 7.20. The average Bonchev–Trinajstić information content (AvgIpc) is 2.75. The van der Waals surface area contributed by atoms with Crippen molar-refractivity contribution in [3.05, 3.63) is 18.0 Å². The molecule has 1 saturated heterocycles. The first-order valence-electron chi connectivity index (χ1n) is 5.25. The van der Waals surface area contributed by atoms with Crippen LogP contribution in [0.15, 0.2) is 12.3 Å². The Morgan fingerprint density at radius 3 is 3.07 bits per heavy atom. The van der Waals surface area contributed by atoms with Gasteiger partial charge in [0.05, 0.1) is 5.69 Å². The normalized spacial score (nSPS) is 27.4. The largest absolute Gasteiger partial charge is 0.329 e. The van der Waals surface area contributed by atoms with Crippen molar-refractivity contribution in [2.45, 2.75) is 25.2 Å². The van der Waals surface area contributed by atoms with Gasteiger partial charge in [-0.05, 0) is 12.5 Å². The van der Waals surface area contributed by atoms with Gasteiger partial charge in [-0.2, -0.15) is 5.10 Å². The molecule has 0 spiro atoms. The van der Waals surface area contributed by atoms with E-state index in [0.29, 0.717) is 19.5 Å². The van der Waals surface area contributed by atoms with Crippen LogP contribution < -0.4 is 5.73 Å². The maximum absolute atomic E-state index is 13.2. The predicted molar refractivity (Wildman–Crippen MR) is 56.0 cm³/mol. The second kappa shape index (κ2) is 4.28. The Balaban J connectivity index is 2.02. The van der Waals surface area contributed by atoms with E-state index in [2.05, 4.69) is 10.00 Å². The Morgan fingerprint density at radius 1 is 1.67 bits per heavy atom. The van der Waals surface area contributed by atoms with Gasteiger partial charge in [0.15, 0.2) is 0 Å². The summed E-state index contributed by atoms with van der Waals surface area (Å²) in [6.45, 7) is 1.75. The molecule has 1 aromatic rings. The molecule has 0 aromatic carbocycles. The second-order valence-corrected chi connectivity index (χ2v) is 4.10. The van der Waals surface area contributed by atoms with Gasteiger partial charge in [0.2, 0.25) is 0 Å². The number of nitrogens with zero attached hydrogens (tertiary/aromatic N) is 3. The molecule has 0 bridgehead atoms. The van der Waals surface area contributed by atoms with Crippen molar-refractivity contribution in [2.75, 3.05) is 13.1 Å². The van der Waals surface area contributed by atoms with E-state index in [0.717, 1.165) is 12.2 Å². The zero-order chi connectivity index (χ0) is 10.8. The van der Waals surface area contributed by atoms with E-state index >= 15 is 0 Å². The molecule has 0 radical (unpaired) electrons. The molecule has 2 atom stereocenters. The molecular weight excluding hydrogens is 195 g/mol. The number of hydrogen-bond acceptors (Lipinski definition) is 3. The summed E-state index contributed by atoms with van der Waals surface area (Å²) >= 11 is 0. The Morgan fingerprint density at radius 2 is 2.47 bits per heavy atom. The van der Waals surface area contributed by atoms with Gasteiger partial charge in [-0.3, -0.25) is 9.58 Å². The zero-order valence-electron chi connectivity index (χ0n) is 8.93. The van der Waals surface area contributed by atoms with Crippen molar-refractivity contribution in [1.29, 1.82) is 0 Å². The first kappa shape index (κ1) is 10.6. The number of aromatic nitrogens is 2. The lowest BCUT2D eigenvalue weighted by Crippen LogP contribution is -2.35. The fraction of sp³-hybridized carbons (Fsp3) is 0.700. The lowest BCUT2D eigenvalue weighted by molar-refractivity contribution is 0.233. The summed E-state index contributed by atoms with van der Waals surface area (Å²) in [6.07, 6.45) is 1.59. The Labute approximate surface area is 88.9 Å². The van der Waals surface area contributed by atoms with Crippen molar-refractivity contribution in [3.8, 4) is 0 Å². The van der Waals surface area contributed by atoms with Gasteiger partial charge in [0, 0.05) is 38.9 Å². The summed E-state index contributed by atoms with van der Waals surface area (Å²) in [5.74, 6) is 0. The number of hydrogen-bond donors (Lipinski definition) is 1. The lowest BCUT2D eigenvalue weighted by atomic mass is 10.2. The van der Waals surface area contributed by atoms with Crippen LogP contribution in [0.3, 0.4) is 0 Å². The third-order valence-corrected chi connectivity index (χ3v) is 3.04. The monoisotopic (exact) mass is 212 g/mol. The number of likely N-dealkylation sites (tertiary alicyclic amines) is 1. The molecule has 0 aliphatic carbocycles. The minimum atomic E-state index is -0.730. The molecule has 0 amide bonds. The van der Waals surface area contributed by atoms with E-state index in [-0.39, 0.29) is 6.04 Å². The highest BCUT2D eigenvalue weighted by molar-refractivity contribution is 5.01. The van der Waals surface area contributed by atoms with Crippen LogP contribution in [0.4, 0.5) is 4.39 Å². The van der Waals surface area contributed by atoms with Crippen LogP contribution in [0.25, 0.3) is 0 Å². The number of alkyl halides is 1. The molecule has 2 N–H and O–H groups in total. The zero-order valence-corrected chi connectivity index (χ0v) is 8.93. The Kier molecular flexibility index (Phi) is 3.02. The molecule has 0 unspecified atom stereocenters. The summed E-state index contributed by atoms with van der Waals surface area (Å²) in [5.41, 5.74) is 6.72. The topological polar surface area (TPSA) is 47.1 Å². The minimum Gasteiger partial charge on any atom is -0.329 e. The number of nitrogens with two attached hydrogens (primary N) is 1. The fourth-order valence-electron chi connectivity index (χ4n) is 2.13. The fourth-order valence-corrected chi connectivity index (χ4v) is 2.13. The SMILES string of the molecule is Cn1nccc1CN1C[C@@H](F)C[C@H]1CN. The van der Waals surface area contributed by atoms with Crippen molar-refractivity contribution >= 4 is 0 Å². The van der Waals surface area contributed by atoms with Crippen LogP contribution in [0.1, 0.15) is 12.1 Å². The van der Waals surface area contributed by atoms with Crippen LogP contribution >= 0.6 is 0 Å². The summed E-state index contributed by atoms with van der Waals surface area (Å²) in [5, 5.41) is 4.09. The number of rotatable bonds is 3. The molecule has 4 nitrogen and oxygen atoms in total. The minimum absolute atomic E-state index is 0.176. The highest BCUT2D eigenvalue weighted by Crippen LogP contribution is 2.21. The molecule has 84 valence electrons. The molecule has 2 heterocycles. The molecule has 1 aliphatic rings. The van der Waals surface area contributed by atoms with Gasteiger partial charge < -0.3 is 5.73 Å². The second-order valence-electron chi connectivity index (χ2n) is 4.10. The van der Waals surface area contributed by atoms with Gasteiger partial charge in [0.25, 0.3) is 0 Å². The number of aryl methyl sites for hydroxylation is 1. The predicted octanol–water partition coefficient (Wildman–Crippen LogP) is 0.291. The Bertz CT molecular complexity index is 325. The Hall–Kier alpha value is -0.940. The average molecular weight is 212 g/mol. The van der Waals surface area contributed by atoms with Gasteiger partial charge in [-0.1, -0.05) is 0 Å². The lowest BCUT2D eigenvalue weighted by Gasteiger charge is -2.22. The van der Waals surface area contributed by atoms with E-state index < -0.39 is 6.17 Å². The van der Waals surface area contributed by atoms with Crippen molar-refractivity contribution in [2.24, 2.45) is 12.8 Å². The molecule has 1 fully saturated rings. The summed E-state index contributed by atoms with van der Waals surface area (Å²) < 4.78 is 15.0. The van der Waals surface area contributed by atoms with Gasteiger partial charge in [-0.15, -0.1) is 0 Å². The molecule has 0 saturated carbocycles. The standard InChI is InChI=1S/C10H17FN4/c1-14-9(2-3-13-14)7-15-6-8(11)4-10(15)5-12/h2-3,8,10H,4-7,12H2,1H3/t8-,10-/m0/s1. The molecule has 1 aliphatic heterocycles. The van der Waals surface area contributed by atoms with Gasteiger partial charge in [-0.25, -0.2) is 4.39 Å². The number of halogens is 1. The summed E-state index contributed by atoms with van der Waals surface area (Å²) in [4.78, 5) is 2.10. The molecule has 2 rings (SSSR count). The summed E-state index contributed by atoms with van der Waals surface area (Å²) in [6, 6.07) is 2.13. The maximum Gasteiger partial charge on any atom is 0.114 e. The smallest absolute Gasteiger partial charge is 0.114 e. The first-order valence-corrected chi connectivity index (χ1v) is 5.25. The maximum atomic E-state index is 13.2. The van der Waals surface area contributed by atoms with Gasteiger partial charge in [0.1, 0.15) is 6.17 Å². The molecule has 1 aromatic heterocycles. The van der Waals surface area contributed by atoms with E-state index in [4.69, 9.17) is 5.73 Å². The summed E-state index contributed by atoms with van der Waals surface area (Å²) in [7, 11) is 1.90.